The Kier molecular flexibility index (Phi) is 8.40. The third kappa shape index (κ3) is 5.29. The smallest absolute Gasteiger partial charge is 0.0752 e. The molecule has 2 aromatic heterocycles. The molecule has 0 radical (unpaired) electrons. The van der Waals surface area contributed by atoms with Crippen molar-refractivity contribution < 1.29 is 25.8 Å². The van der Waals surface area contributed by atoms with Crippen LogP contribution in [0, 0.1) is 18.8 Å². The van der Waals surface area contributed by atoms with Crippen LogP contribution in [0.5, 0.6) is 11.5 Å². The average molecular weight is 931 g/mol. The third-order valence-electron chi connectivity index (χ3n) is 12.7. The van der Waals surface area contributed by atoms with Crippen LogP contribution in [0.25, 0.3) is 49.4 Å². The van der Waals surface area contributed by atoms with Crippen LogP contribution in [0.3, 0.4) is 0 Å². The molecule has 7 aromatic carbocycles. The number of anilines is 4. The van der Waals surface area contributed by atoms with Crippen molar-refractivity contribution in [3.63, 3.8) is 0 Å². The minimum Gasteiger partial charge on any atom is -0.509 e. The van der Waals surface area contributed by atoms with Crippen molar-refractivity contribution in [3.8, 4) is 33.8 Å². The summed E-state index contributed by atoms with van der Waals surface area (Å²) in [5.41, 5.74) is 13.2. The number of pyridine rings is 1. The molecule has 2 aliphatic rings. The first-order valence-electron chi connectivity index (χ1n) is 19.6. The van der Waals surface area contributed by atoms with E-state index < -0.39 is 0 Å². The molecule has 1 aliphatic carbocycles. The van der Waals surface area contributed by atoms with Crippen molar-refractivity contribution in [1.82, 2.24) is 9.61 Å². The van der Waals surface area contributed by atoms with Crippen LogP contribution in [-0.4, -0.2) is 9.61 Å². The maximum atomic E-state index is 6.61. The zero-order chi connectivity index (χ0) is 38.5. The van der Waals surface area contributed by atoms with E-state index in [4.69, 9.17) is 9.84 Å². The molecule has 9 aromatic rings. The topological polar surface area (TPSA) is 33.0 Å². The quantitative estimate of drug-likeness (QED) is 0.123. The molecule has 5 nitrogen and oxygen atoms in total. The van der Waals surface area contributed by atoms with Gasteiger partial charge in [-0.05, 0) is 45.1 Å². The summed E-state index contributed by atoms with van der Waals surface area (Å²) in [4.78, 5) is 4.51. The molecule has 0 fully saturated rings. The summed E-state index contributed by atoms with van der Waals surface area (Å²) in [6.45, 7) is 11.6. The van der Waals surface area contributed by atoms with Crippen LogP contribution in [0.2, 0.25) is 0 Å². The minimum atomic E-state index is -0.110. The first-order valence-corrected chi connectivity index (χ1v) is 19.6. The number of hydrogen-bond acceptors (Lipinski definition) is 4. The Morgan fingerprint density at radius 3 is 1.86 bits per heavy atom. The Labute approximate surface area is 353 Å². The van der Waals surface area contributed by atoms with Gasteiger partial charge in [0.1, 0.15) is 0 Å². The Morgan fingerprint density at radius 1 is 0.552 bits per heavy atom. The number of aromatic nitrogens is 2. The summed E-state index contributed by atoms with van der Waals surface area (Å²) in [5, 5.41) is 8.59. The van der Waals surface area contributed by atoms with Gasteiger partial charge in [-0.3, -0.25) is 4.52 Å². The largest absolute Gasteiger partial charge is 0.509 e. The molecule has 0 saturated carbocycles. The van der Waals surface area contributed by atoms with Crippen molar-refractivity contribution >= 4 is 49.9 Å². The Hall–Kier alpha value is -6.16. The van der Waals surface area contributed by atoms with Gasteiger partial charge in [-0.2, -0.15) is 17.2 Å². The van der Waals surface area contributed by atoms with Crippen LogP contribution >= 0.6 is 0 Å². The standard InChI is InChI=1S/C52H39N4O.Pt/c1-51(2)43-25-15-24-42-41-29-28-38(31-47(41)56-50(48(42)43)44(32-53-56)52(51,3)4)57-37-21-13-20-36(30-37)54-33-55(46-27-12-11-26-45(46)54)49-39(34-16-7-5-8-17-34)22-14-23-40(49)35-18-9-6-10-19-35;/h5-29,32-33H,1-4H3;/q-3;. The second-order valence-electron chi connectivity index (χ2n) is 16.2. The molecule has 1 aliphatic heterocycles. The third-order valence-corrected chi connectivity index (χ3v) is 12.7. The van der Waals surface area contributed by atoms with E-state index in [-0.39, 0.29) is 31.9 Å². The average Bonchev–Trinajstić information content (AvgIpc) is 3.88. The number of fused-ring (bicyclic) bond motifs is 4. The molecular formula is C52H39N4OPt-3. The van der Waals surface area contributed by atoms with Gasteiger partial charge in [0, 0.05) is 71.7 Å². The number of nitrogens with zero attached hydrogens (tertiary/aromatic N) is 4. The van der Waals surface area contributed by atoms with Gasteiger partial charge in [0.25, 0.3) is 0 Å². The van der Waals surface area contributed by atoms with Crippen molar-refractivity contribution in [3.05, 3.63) is 188 Å². The summed E-state index contributed by atoms with van der Waals surface area (Å²) in [5.74, 6) is 1.21. The van der Waals surface area contributed by atoms with Gasteiger partial charge >= 0.3 is 0 Å². The van der Waals surface area contributed by atoms with E-state index in [2.05, 4.69) is 200 Å². The van der Waals surface area contributed by atoms with Gasteiger partial charge in [0.2, 0.25) is 0 Å². The number of hydrogen-bond donors (Lipinski definition) is 0. The van der Waals surface area contributed by atoms with E-state index in [0.717, 1.165) is 61.4 Å². The van der Waals surface area contributed by atoms with Crippen LogP contribution in [0.1, 0.15) is 38.8 Å². The zero-order valence-electron chi connectivity index (χ0n) is 32.6. The molecule has 0 spiro atoms. The van der Waals surface area contributed by atoms with Crippen molar-refractivity contribution in [2.75, 3.05) is 9.80 Å². The molecule has 286 valence electrons. The van der Waals surface area contributed by atoms with Crippen LogP contribution < -0.4 is 14.5 Å². The maximum Gasteiger partial charge on any atom is 0.0752 e. The number of ether oxygens (including phenoxy) is 1. The van der Waals surface area contributed by atoms with Gasteiger partial charge in [-0.15, -0.1) is 48.1 Å². The van der Waals surface area contributed by atoms with E-state index in [1.807, 2.05) is 18.2 Å². The van der Waals surface area contributed by atoms with Crippen LogP contribution in [0.4, 0.5) is 22.7 Å². The van der Waals surface area contributed by atoms with E-state index in [1.165, 1.54) is 21.9 Å². The molecule has 0 N–H and O–H groups in total. The molecular weight excluding hydrogens is 892 g/mol. The first-order chi connectivity index (χ1) is 27.8. The number of rotatable bonds is 6. The summed E-state index contributed by atoms with van der Waals surface area (Å²) >= 11 is 0. The molecule has 0 unspecified atom stereocenters. The summed E-state index contributed by atoms with van der Waals surface area (Å²) in [6, 6.07) is 60.5. The molecule has 0 bridgehead atoms. The first kappa shape index (κ1) is 36.2. The van der Waals surface area contributed by atoms with Gasteiger partial charge in [-0.25, -0.2) is 0 Å². The fourth-order valence-electron chi connectivity index (χ4n) is 9.09. The van der Waals surface area contributed by atoms with E-state index in [1.54, 1.807) is 0 Å². The molecule has 3 heterocycles. The van der Waals surface area contributed by atoms with Gasteiger partial charge in [-0.1, -0.05) is 142 Å². The summed E-state index contributed by atoms with van der Waals surface area (Å²) < 4.78 is 8.68. The second kappa shape index (κ2) is 13.5. The summed E-state index contributed by atoms with van der Waals surface area (Å²) in [7, 11) is 0. The van der Waals surface area contributed by atoms with Gasteiger partial charge in [0.05, 0.1) is 11.7 Å². The molecule has 0 atom stereocenters. The van der Waals surface area contributed by atoms with E-state index >= 15 is 0 Å². The molecule has 6 heteroatoms. The molecule has 0 saturated heterocycles. The Bertz CT molecular complexity index is 2990. The maximum absolute atomic E-state index is 6.61. The normalized spacial score (nSPS) is 14.9. The van der Waals surface area contributed by atoms with Crippen LogP contribution in [-0.2, 0) is 31.9 Å². The van der Waals surface area contributed by atoms with E-state index in [9.17, 15) is 0 Å². The van der Waals surface area contributed by atoms with Gasteiger partial charge < -0.3 is 14.5 Å². The SMILES string of the molecule is CC1(C)c2cccc3c4ccc(Oc5[c-]c(N6[CH-]N(c7c(-c8ccccc8)cccc7-c7ccccc7)c7ccccc76)ccc5)[c-]c4n4ncc(c4c23)C1(C)C.[Pt]. The predicted molar refractivity (Wildman–Crippen MR) is 233 cm³/mol. The molecule has 0 amide bonds. The van der Waals surface area contributed by atoms with Crippen molar-refractivity contribution in [2.45, 2.75) is 38.5 Å². The van der Waals surface area contributed by atoms with Crippen molar-refractivity contribution in [2.24, 2.45) is 0 Å². The second-order valence-corrected chi connectivity index (χ2v) is 16.2. The predicted octanol–water partition coefficient (Wildman–Crippen LogP) is 13.3. The number of benzene rings is 7. The fourth-order valence-corrected chi connectivity index (χ4v) is 9.09. The molecule has 58 heavy (non-hydrogen) atoms. The minimum absolute atomic E-state index is 0. The Balaban J connectivity index is 0.00000408. The zero-order valence-corrected chi connectivity index (χ0v) is 34.9. The van der Waals surface area contributed by atoms with Crippen LogP contribution in [0.15, 0.2) is 158 Å². The molecule has 11 rings (SSSR count). The van der Waals surface area contributed by atoms with Gasteiger partial charge in [0.15, 0.2) is 0 Å². The Morgan fingerprint density at radius 2 is 1.16 bits per heavy atom. The monoisotopic (exact) mass is 930 g/mol. The summed E-state index contributed by atoms with van der Waals surface area (Å²) in [6.07, 6.45) is 2.05. The van der Waals surface area contributed by atoms with Crippen molar-refractivity contribution in [1.29, 1.82) is 0 Å². The van der Waals surface area contributed by atoms with E-state index in [0.29, 0.717) is 11.5 Å². The number of para-hydroxylation sites is 3. The fraction of sp³-hybridized carbons (Fsp3) is 0.115.